The minimum Gasteiger partial charge on any atom is -0.443 e. The molecule has 192 valence electrons. The van der Waals surface area contributed by atoms with E-state index in [4.69, 9.17) is 4.74 Å². The molecular weight excluding hydrogens is 486 g/mol. The van der Waals surface area contributed by atoms with Crippen molar-refractivity contribution in [3.05, 3.63) is 35.9 Å². The van der Waals surface area contributed by atoms with E-state index in [0.717, 1.165) is 19.3 Å². The number of aromatic nitrogens is 5. The molecule has 3 heterocycles. The van der Waals surface area contributed by atoms with Crippen LogP contribution in [-0.4, -0.2) is 55.1 Å². The van der Waals surface area contributed by atoms with Crippen molar-refractivity contribution in [3.63, 3.8) is 0 Å². The Labute approximate surface area is 201 Å². The summed E-state index contributed by atoms with van der Waals surface area (Å²) in [5.41, 5.74) is 0.890. The molecule has 36 heavy (non-hydrogen) atoms. The number of H-pyrrole nitrogens is 1. The van der Waals surface area contributed by atoms with Crippen molar-refractivity contribution in [2.45, 2.75) is 68.8 Å². The first kappa shape index (κ1) is 23.0. The second-order valence-electron chi connectivity index (χ2n) is 9.77. The van der Waals surface area contributed by atoms with Crippen LogP contribution in [0.1, 0.15) is 49.4 Å². The molecule has 4 saturated carbocycles. The molecule has 10 nitrogen and oxygen atoms in total. The summed E-state index contributed by atoms with van der Waals surface area (Å²) in [5, 5.41) is 16.9. The third kappa shape index (κ3) is 4.33. The van der Waals surface area contributed by atoms with E-state index in [1.54, 1.807) is 6.07 Å². The van der Waals surface area contributed by atoms with E-state index in [1.165, 1.54) is 23.0 Å². The van der Waals surface area contributed by atoms with Crippen molar-refractivity contribution in [2.24, 2.45) is 5.92 Å². The number of rotatable bonds is 7. The van der Waals surface area contributed by atoms with Gasteiger partial charge in [0.2, 0.25) is 0 Å². The molecule has 4 fully saturated rings. The molecule has 14 heteroatoms. The lowest BCUT2D eigenvalue weighted by Crippen LogP contribution is -2.68. The topological polar surface area (TPSA) is 118 Å². The molecule has 4 aliphatic carbocycles. The zero-order valence-electron chi connectivity index (χ0n) is 18.9. The number of hydrogen-bond acceptors (Lipinski definition) is 7. The van der Waals surface area contributed by atoms with E-state index in [-0.39, 0.29) is 11.2 Å². The third-order valence-electron chi connectivity index (χ3n) is 7.23. The standard InChI is InChI=1S/C22H23F4N7O3/c23-18-13(1-2-16(18)36-20(34)29-21-7-11(8-21)9-21)14-6-17(31-30-14)28-19-15-5-12(10-35-22(24,25)26)32-33(15)4-3-27-19/h3-6,11,13,16,18H,1-2,7-10H2,(H,29,34)(H2,27,28,30,31)/t11?,13-,16-,18+,21?/m0/s1. The summed E-state index contributed by atoms with van der Waals surface area (Å²) in [6, 6.07) is 3.06. The van der Waals surface area contributed by atoms with Gasteiger partial charge >= 0.3 is 12.5 Å². The summed E-state index contributed by atoms with van der Waals surface area (Å²) in [7, 11) is 0. The van der Waals surface area contributed by atoms with Gasteiger partial charge in [-0.25, -0.2) is 18.7 Å². The van der Waals surface area contributed by atoms with Gasteiger partial charge in [0, 0.05) is 35.6 Å². The lowest BCUT2D eigenvalue weighted by Gasteiger charge is -2.61. The van der Waals surface area contributed by atoms with Gasteiger partial charge in [0.25, 0.3) is 0 Å². The number of anilines is 2. The van der Waals surface area contributed by atoms with Crippen molar-refractivity contribution in [1.82, 2.24) is 30.1 Å². The minimum absolute atomic E-state index is 0.0708. The maximum Gasteiger partial charge on any atom is 0.522 e. The van der Waals surface area contributed by atoms with Gasteiger partial charge in [-0.05, 0) is 44.1 Å². The van der Waals surface area contributed by atoms with Crippen molar-refractivity contribution in [1.29, 1.82) is 0 Å². The van der Waals surface area contributed by atoms with Crippen molar-refractivity contribution >= 4 is 23.2 Å². The molecule has 0 radical (unpaired) electrons. The van der Waals surface area contributed by atoms with E-state index < -0.39 is 37.3 Å². The fourth-order valence-electron chi connectivity index (χ4n) is 5.39. The number of carbonyl (C=O) groups is 1. The maximum atomic E-state index is 15.2. The average molecular weight is 509 g/mol. The Morgan fingerprint density at radius 1 is 1.25 bits per heavy atom. The summed E-state index contributed by atoms with van der Waals surface area (Å²) in [6.45, 7) is -0.737. The van der Waals surface area contributed by atoms with Crippen LogP contribution >= 0.6 is 0 Å². The normalized spacial score (nSPS) is 29.0. The second-order valence-corrected chi connectivity index (χ2v) is 9.77. The smallest absolute Gasteiger partial charge is 0.443 e. The Bertz CT molecular complexity index is 1280. The highest BCUT2D eigenvalue weighted by atomic mass is 19.4. The van der Waals surface area contributed by atoms with E-state index in [2.05, 4.69) is 35.7 Å². The molecule has 0 unspecified atom stereocenters. The summed E-state index contributed by atoms with van der Waals surface area (Å²) >= 11 is 0. The van der Waals surface area contributed by atoms with Crippen LogP contribution in [0.2, 0.25) is 0 Å². The van der Waals surface area contributed by atoms with E-state index >= 15 is 4.39 Å². The van der Waals surface area contributed by atoms with Crippen LogP contribution in [0.25, 0.3) is 5.52 Å². The Morgan fingerprint density at radius 3 is 2.78 bits per heavy atom. The van der Waals surface area contributed by atoms with Gasteiger partial charge in [-0.15, -0.1) is 13.2 Å². The summed E-state index contributed by atoms with van der Waals surface area (Å²) in [6.07, 6.45) is -0.820. The lowest BCUT2D eigenvalue weighted by atomic mass is 9.50. The van der Waals surface area contributed by atoms with Crippen molar-refractivity contribution in [2.75, 3.05) is 5.32 Å². The number of fused-ring (bicyclic) bond motifs is 1. The molecule has 3 aromatic heterocycles. The predicted molar refractivity (Wildman–Crippen MR) is 116 cm³/mol. The van der Waals surface area contributed by atoms with Gasteiger partial charge in [0.1, 0.15) is 24.4 Å². The number of carbonyl (C=O) groups excluding carboxylic acids is 1. The molecule has 3 atom stereocenters. The first-order valence-electron chi connectivity index (χ1n) is 11.7. The molecule has 0 spiro atoms. The molecule has 4 aliphatic rings. The number of hydrogen-bond donors (Lipinski definition) is 3. The Morgan fingerprint density at radius 2 is 2.06 bits per heavy atom. The van der Waals surface area contributed by atoms with Crippen LogP contribution in [0.15, 0.2) is 24.5 Å². The third-order valence-corrected chi connectivity index (χ3v) is 7.23. The zero-order valence-corrected chi connectivity index (χ0v) is 18.9. The fourth-order valence-corrected chi connectivity index (χ4v) is 5.39. The highest BCUT2D eigenvalue weighted by molar-refractivity contribution is 5.72. The summed E-state index contributed by atoms with van der Waals surface area (Å²) in [4.78, 5) is 16.4. The van der Waals surface area contributed by atoms with Crippen LogP contribution in [-0.2, 0) is 16.1 Å². The quantitative estimate of drug-likeness (QED) is 0.411. The number of aromatic amines is 1. The van der Waals surface area contributed by atoms with Crippen LogP contribution < -0.4 is 10.6 Å². The number of alkyl carbamates (subject to hydrolysis) is 1. The second kappa shape index (κ2) is 8.32. The Kier molecular flexibility index (Phi) is 5.32. The van der Waals surface area contributed by atoms with Gasteiger partial charge in [0.05, 0.1) is 5.69 Å². The SMILES string of the molecule is O=C(NC12CC(C1)C2)O[C@H]1CC[C@@H](c2cc(Nc3nccn4nc(COC(F)(F)F)cc34)n[nH]2)[C@H]1F. The number of alkyl halides is 4. The van der Waals surface area contributed by atoms with Gasteiger partial charge in [-0.2, -0.15) is 10.2 Å². The van der Waals surface area contributed by atoms with Crippen molar-refractivity contribution < 1.29 is 31.8 Å². The lowest BCUT2D eigenvalue weighted by molar-refractivity contribution is -0.330. The van der Waals surface area contributed by atoms with Crippen LogP contribution in [0.4, 0.5) is 34.0 Å². The number of nitrogens with one attached hydrogen (secondary N) is 3. The van der Waals surface area contributed by atoms with Gasteiger partial charge in [-0.3, -0.25) is 9.84 Å². The molecule has 1 amide bonds. The first-order chi connectivity index (χ1) is 17.2. The Hall–Kier alpha value is -3.42. The highest BCUT2D eigenvalue weighted by Gasteiger charge is 2.58. The molecule has 3 aromatic rings. The molecule has 0 aliphatic heterocycles. The van der Waals surface area contributed by atoms with Gasteiger partial charge in [-0.1, -0.05) is 0 Å². The number of ether oxygens (including phenoxy) is 2. The molecule has 3 N–H and O–H groups in total. The van der Waals surface area contributed by atoms with E-state index in [1.807, 2.05) is 0 Å². The zero-order chi connectivity index (χ0) is 25.1. The summed E-state index contributed by atoms with van der Waals surface area (Å²) < 4.78 is 62.8. The predicted octanol–water partition coefficient (Wildman–Crippen LogP) is 4.10. The first-order valence-corrected chi connectivity index (χ1v) is 11.7. The average Bonchev–Trinajstić information content (AvgIpc) is 3.48. The molecular formula is C22H23F4N7O3. The van der Waals surface area contributed by atoms with Crippen LogP contribution in [0.3, 0.4) is 0 Å². The number of amides is 1. The van der Waals surface area contributed by atoms with E-state index in [9.17, 15) is 18.0 Å². The summed E-state index contributed by atoms with van der Waals surface area (Å²) in [5.74, 6) is 0.833. The minimum atomic E-state index is -4.76. The Balaban J connectivity index is 1.09. The van der Waals surface area contributed by atoms with Gasteiger partial charge in [0.15, 0.2) is 11.6 Å². The largest absolute Gasteiger partial charge is 0.522 e. The van der Waals surface area contributed by atoms with Gasteiger partial charge < -0.3 is 15.4 Å². The highest BCUT2D eigenvalue weighted by Crippen LogP contribution is 2.57. The number of halogens is 4. The molecule has 0 saturated heterocycles. The molecule has 7 rings (SSSR count). The number of nitrogens with zero attached hydrogens (tertiary/aromatic N) is 4. The fraction of sp³-hybridized carbons (Fsp3) is 0.545. The van der Waals surface area contributed by atoms with Crippen LogP contribution in [0, 0.1) is 5.92 Å². The van der Waals surface area contributed by atoms with E-state index in [0.29, 0.717) is 41.6 Å². The molecule has 0 aromatic carbocycles. The molecule has 2 bridgehead atoms. The monoisotopic (exact) mass is 509 g/mol. The van der Waals surface area contributed by atoms with Crippen LogP contribution in [0.5, 0.6) is 0 Å². The van der Waals surface area contributed by atoms with Crippen molar-refractivity contribution in [3.8, 4) is 0 Å². The maximum absolute atomic E-state index is 15.2.